The Hall–Kier alpha value is -2.17. The van der Waals surface area contributed by atoms with Gasteiger partial charge in [-0.05, 0) is 26.0 Å². The van der Waals surface area contributed by atoms with E-state index in [1.807, 2.05) is 19.1 Å². The van der Waals surface area contributed by atoms with E-state index in [0.717, 1.165) is 5.69 Å². The lowest BCUT2D eigenvalue weighted by Gasteiger charge is -2.03. The number of hydrogen-bond acceptors (Lipinski definition) is 4. The molecule has 82 valence electrons. The van der Waals surface area contributed by atoms with Gasteiger partial charge >= 0.3 is 0 Å². The topological polar surface area (TPSA) is 68.0 Å². The summed E-state index contributed by atoms with van der Waals surface area (Å²) in [6, 6.07) is 5.42. The lowest BCUT2D eigenvalue weighted by Crippen LogP contribution is -2.13. The molecule has 0 saturated heterocycles. The zero-order valence-corrected chi connectivity index (χ0v) is 9.02. The summed E-state index contributed by atoms with van der Waals surface area (Å²) in [5.41, 5.74) is 1.83. The van der Waals surface area contributed by atoms with Crippen molar-refractivity contribution in [1.82, 2.24) is 10.1 Å². The number of pyridine rings is 1. The average Bonchev–Trinajstić information content (AvgIpc) is 2.64. The van der Waals surface area contributed by atoms with E-state index in [0.29, 0.717) is 17.1 Å². The summed E-state index contributed by atoms with van der Waals surface area (Å²) < 4.78 is 4.70. The van der Waals surface area contributed by atoms with E-state index in [1.165, 1.54) is 6.26 Å². The Morgan fingerprint density at radius 2 is 2.19 bits per heavy atom. The van der Waals surface area contributed by atoms with Crippen LogP contribution in [0.4, 0.5) is 5.82 Å². The molecule has 0 aliphatic heterocycles. The molecule has 0 atom stereocenters. The van der Waals surface area contributed by atoms with Gasteiger partial charge in [0, 0.05) is 5.69 Å². The molecule has 5 heteroatoms. The standard InChI is InChI=1S/C11H11N3O2/c1-7-4-3-5-10(12-7)13-11(15)9-6-16-14-8(9)2/h3-6H,1-2H3,(H,12,13,15). The third-order valence-corrected chi connectivity index (χ3v) is 2.12. The maximum Gasteiger partial charge on any atom is 0.262 e. The number of amides is 1. The second kappa shape index (κ2) is 4.14. The summed E-state index contributed by atoms with van der Waals surface area (Å²) in [6.07, 6.45) is 1.32. The number of carbonyl (C=O) groups is 1. The first kappa shape index (κ1) is 10.4. The molecule has 2 rings (SSSR count). The van der Waals surface area contributed by atoms with Crippen LogP contribution in [0, 0.1) is 13.8 Å². The molecule has 0 aliphatic carbocycles. The summed E-state index contributed by atoms with van der Waals surface area (Å²) in [5, 5.41) is 6.32. The van der Waals surface area contributed by atoms with Crippen molar-refractivity contribution in [3.63, 3.8) is 0 Å². The first-order valence-corrected chi connectivity index (χ1v) is 4.83. The first-order chi connectivity index (χ1) is 7.66. The maximum atomic E-state index is 11.8. The molecule has 2 aromatic rings. The highest BCUT2D eigenvalue weighted by Crippen LogP contribution is 2.09. The number of nitrogens with zero attached hydrogens (tertiary/aromatic N) is 2. The Morgan fingerprint density at radius 1 is 1.38 bits per heavy atom. The van der Waals surface area contributed by atoms with Gasteiger partial charge in [0.2, 0.25) is 0 Å². The van der Waals surface area contributed by atoms with Crippen LogP contribution >= 0.6 is 0 Å². The molecule has 5 nitrogen and oxygen atoms in total. The average molecular weight is 217 g/mol. The lowest BCUT2D eigenvalue weighted by atomic mass is 10.2. The molecule has 0 aliphatic rings. The van der Waals surface area contributed by atoms with Gasteiger partial charge in [-0.15, -0.1) is 0 Å². The van der Waals surface area contributed by atoms with Crippen molar-refractivity contribution in [2.75, 3.05) is 5.32 Å². The van der Waals surface area contributed by atoms with Gasteiger partial charge in [-0.2, -0.15) is 0 Å². The fourth-order valence-electron chi connectivity index (χ4n) is 1.31. The van der Waals surface area contributed by atoms with Crippen molar-refractivity contribution in [2.24, 2.45) is 0 Å². The van der Waals surface area contributed by atoms with E-state index >= 15 is 0 Å². The zero-order valence-electron chi connectivity index (χ0n) is 9.02. The minimum atomic E-state index is -0.267. The van der Waals surface area contributed by atoms with Crippen LogP contribution in [0.25, 0.3) is 0 Å². The summed E-state index contributed by atoms with van der Waals surface area (Å²) in [4.78, 5) is 15.9. The van der Waals surface area contributed by atoms with Gasteiger partial charge in [-0.1, -0.05) is 11.2 Å². The van der Waals surface area contributed by atoms with Gasteiger partial charge < -0.3 is 9.84 Å². The highest BCUT2D eigenvalue weighted by molar-refractivity contribution is 6.04. The predicted octanol–water partition coefficient (Wildman–Crippen LogP) is 1.94. The molecule has 0 unspecified atom stereocenters. The molecule has 0 spiro atoms. The summed E-state index contributed by atoms with van der Waals surface area (Å²) in [5.74, 6) is 0.252. The van der Waals surface area contributed by atoms with Gasteiger partial charge in [0.1, 0.15) is 17.6 Å². The molecular formula is C11H11N3O2. The first-order valence-electron chi connectivity index (χ1n) is 4.83. The Kier molecular flexibility index (Phi) is 2.68. The fraction of sp³-hybridized carbons (Fsp3) is 0.182. The number of rotatable bonds is 2. The lowest BCUT2D eigenvalue weighted by molar-refractivity contribution is 0.102. The molecular weight excluding hydrogens is 206 g/mol. The summed E-state index contributed by atoms with van der Waals surface area (Å²) in [7, 11) is 0. The van der Waals surface area contributed by atoms with Crippen LogP contribution < -0.4 is 5.32 Å². The van der Waals surface area contributed by atoms with Gasteiger partial charge in [0.15, 0.2) is 0 Å². The van der Waals surface area contributed by atoms with Crippen molar-refractivity contribution >= 4 is 11.7 Å². The number of hydrogen-bond donors (Lipinski definition) is 1. The van der Waals surface area contributed by atoms with Crippen molar-refractivity contribution in [3.05, 3.63) is 41.4 Å². The predicted molar refractivity (Wildman–Crippen MR) is 58.2 cm³/mol. The van der Waals surface area contributed by atoms with Gasteiger partial charge in [0.25, 0.3) is 5.91 Å². The number of aryl methyl sites for hydroxylation is 2. The minimum absolute atomic E-state index is 0.267. The fourth-order valence-corrected chi connectivity index (χ4v) is 1.31. The highest BCUT2D eigenvalue weighted by Gasteiger charge is 2.12. The quantitative estimate of drug-likeness (QED) is 0.834. The molecule has 0 bridgehead atoms. The second-order valence-corrected chi connectivity index (χ2v) is 3.43. The third kappa shape index (κ3) is 2.08. The molecule has 1 N–H and O–H groups in total. The molecule has 0 radical (unpaired) electrons. The van der Waals surface area contributed by atoms with E-state index in [2.05, 4.69) is 15.5 Å². The van der Waals surface area contributed by atoms with Crippen molar-refractivity contribution < 1.29 is 9.32 Å². The Labute approximate surface area is 92.5 Å². The minimum Gasteiger partial charge on any atom is -0.364 e. The molecule has 0 aromatic carbocycles. The van der Waals surface area contributed by atoms with Gasteiger partial charge in [0.05, 0.1) is 5.69 Å². The second-order valence-electron chi connectivity index (χ2n) is 3.43. The summed E-state index contributed by atoms with van der Waals surface area (Å²) in [6.45, 7) is 3.57. The Bertz CT molecular complexity index is 519. The molecule has 0 fully saturated rings. The smallest absolute Gasteiger partial charge is 0.262 e. The molecule has 0 saturated carbocycles. The maximum absolute atomic E-state index is 11.8. The summed E-state index contributed by atoms with van der Waals surface area (Å²) >= 11 is 0. The van der Waals surface area contributed by atoms with Gasteiger partial charge in [-0.3, -0.25) is 4.79 Å². The van der Waals surface area contributed by atoms with E-state index in [-0.39, 0.29) is 5.91 Å². The van der Waals surface area contributed by atoms with Crippen molar-refractivity contribution in [2.45, 2.75) is 13.8 Å². The number of carbonyl (C=O) groups excluding carboxylic acids is 1. The van der Waals surface area contributed by atoms with Gasteiger partial charge in [-0.25, -0.2) is 4.98 Å². The van der Waals surface area contributed by atoms with E-state index in [4.69, 9.17) is 4.52 Å². The Morgan fingerprint density at radius 3 is 2.81 bits per heavy atom. The van der Waals surface area contributed by atoms with Crippen molar-refractivity contribution in [1.29, 1.82) is 0 Å². The number of nitrogens with one attached hydrogen (secondary N) is 1. The van der Waals surface area contributed by atoms with Crippen LogP contribution in [0.15, 0.2) is 29.0 Å². The van der Waals surface area contributed by atoms with E-state index in [1.54, 1.807) is 13.0 Å². The van der Waals surface area contributed by atoms with Crippen molar-refractivity contribution in [3.8, 4) is 0 Å². The van der Waals surface area contributed by atoms with Crippen LogP contribution in [-0.4, -0.2) is 16.0 Å². The molecule has 16 heavy (non-hydrogen) atoms. The van der Waals surface area contributed by atoms with Crippen LogP contribution in [0.3, 0.4) is 0 Å². The largest absolute Gasteiger partial charge is 0.364 e. The molecule has 2 aromatic heterocycles. The SMILES string of the molecule is Cc1cccc(NC(=O)c2conc2C)n1. The highest BCUT2D eigenvalue weighted by atomic mass is 16.5. The van der Waals surface area contributed by atoms with Crippen LogP contribution in [-0.2, 0) is 0 Å². The number of aromatic nitrogens is 2. The third-order valence-electron chi connectivity index (χ3n) is 2.12. The Balaban J connectivity index is 2.17. The molecule has 1 amide bonds. The zero-order chi connectivity index (χ0) is 11.5. The number of anilines is 1. The van der Waals surface area contributed by atoms with E-state index in [9.17, 15) is 4.79 Å². The van der Waals surface area contributed by atoms with Crippen LogP contribution in [0.5, 0.6) is 0 Å². The normalized spacial score (nSPS) is 10.1. The van der Waals surface area contributed by atoms with E-state index < -0.39 is 0 Å². The monoisotopic (exact) mass is 217 g/mol. The molecule has 2 heterocycles. The van der Waals surface area contributed by atoms with Crippen LogP contribution in [0.2, 0.25) is 0 Å². The van der Waals surface area contributed by atoms with Crippen LogP contribution in [0.1, 0.15) is 21.7 Å².